The van der Waals surface area contributed by atoms with E-state index in [4.69, 9.17) is 4.74 Å². The van der Waals surface area contributed by atoms with Gasteiger partial charge in [-0.1, -0.05) is 18.2 Å². The van der Waals surface area contributed by atoms with Crippen molar-refractivity contribution in [3.8, 4) is 5.75 Å². The molecule has 0 spiro atoms. The van der Waals surface area contributed by atoms with Gasteiger partial charge in [0.15, 0.2) is 0 Å². The van der Waals surface area contributed by atoms with Gasteiger partial charge in [-0.15, -0.1) is 0 Å². The largest absolute Gasteiger partial charge is 0.496 e. The number of para-hydroxylation sites is 1. The third-order valence-electron chi connectivity index (χ3n) is 5.03. The molecule has 154 valence electrons. The molecule has 2 aromatic carbocycles. The summed E-state index contributed by atoms with van der Waals surface area (Å²) in [5.41, 5.74) is 1.78. The Hall–Kier alpha value is -3.09. The van der Waals surface area contributed by atoms with Crippen molar-refractivity contribution < 1.29 is 18.7 Å². The van der Waals surface area contributed by atoms with E-state index in [-0.39, 0.29) is 30.5 Å². The van der Waals surface area contributed by atoms with Crippen LogP contribution in [0.3, 0.4) is 0 Å². The maximum atomic E-state index is 13.0. The Kier molecular flexibility index (Phi) is 7.05. The van der Waals surface area contributed by atoms with Crippen LogP contribution in [0.2, 0.25) is 0 Å². The van der Waals surface area contributed by atoms with Gasteiger partial charge in [0.2, 0.25) is 11.8 Å². The predicted molar refractivity (Wildman–Crippen MR) is 110 cm³/mol. The number of benzene rings is 2. The van der Waals surface area contributed by atoms with Crippen LogP contribution < -0.4 is 15.0 Å². The maximum absolute atomic E-state index is 13.0. The maximum Gasteiger partial charge on any atom is 0.224 e. The van der Waals surface area contributed by atoms with Crippen LogP contribution in [0.1, 0.15) is 12.0 Å². The van der Waals surface area contributed by atoms with Gasteiger partial charge < -0.3 is 19.9 Å². The Bertz CT molecular complexity index is 833. The van der Waals surface area contributed by atoms with Crippen LogP contribution in [0, 0.1) is 5.82 Å². The summed E-state index contributed by atoms with van der Waals surface area (Å²) in [5.74, 6) is 0.317. The molecule has 7 heteroatoms. The lowest BCUT2D eigenvalue weighted by molar-refractivity contribution is -0.131. The number of hydrogen-bond donors (Lipinski definition) is 1. The summed E-state index contributed by atoms with van der Waals surface area (Å²) in [6.07, 6.45) is 0.489. The van der Waals surface area contributed by atoms with E-state index in [0.717, 1.165) is 11.3 Å². The third kappa shape index (κ3) is 5.70. The van der Waals surface area contributed by atoms with Crippen molar-refractivity contribution >= 4 is 17.5 Å². The summed E-state index contributed by atoms with van der Waals surface area (Å²) in [5, 5.41) is 2.80. The molecule has 0 bridgehead atoms. The fourth-order valence-corrected chi connectivity index (χ4v) is 3.42. The fourth-order valence-electron chi connectivity index (χ4n) is 3.42. The summed E-state index contributed by atoms with van der Waals surface area (Å²) in [4.78, 5) is 28.5. The molecule has 29 heavy (non-hydrogen) atoms. The van der Waals surface area contributed by atoms with Gasteiger partial charge in [-0.3, -0.25) is 9.59 Å². The molecule has 0 radical (unpaired) electrons. The van der Waals surface area contributed by atoms with Crippen molar-refractivity contribution in [2.45, 2.75) is 12.8 Å². The van der Waals surface area contributed by atoms with Gasteiger partial charge in [0.05, 0.1) is 13.5 Å². The van der Waals surface area contributed by atoms with E-state index < -0.39 is 0 Å². The molecule has 6 nitrogen and oxygen atoms in total. The summed E-state index contributed by atoms with van der Waals surface area (Å²) >= 11 is 0. The molecule has 2 amide bonds. The monoisotopic (exact) mass is 399 g/mol. The summed E-state index contributed by atoms with van der Waals surface area (Å²) < 4.78 is 18.3. The average molecular weight is 399 g/mol. The van der Waals surface area contributed by atoms with Crippen molar-refractivity contribution in [1.29, 1.82) is 0 Å². The number of piperazine rings is 1. The molecular formula is C22H26FN3O3. The smallest absolute Gasteiger partial charge is 0.224 e. The van der Waals surface area contributed by atoms with Crippen LogP contribution in [-0.2, 0) is 16.0 Å². The van der Waals surface area contributed by atoms with Crippen LogP contribution in [0.15, 0.2) is 48.5 Å². The highest BCUT2D eigenvalue weighted by Crippen LogP contribution is 2.18. The first-order valence-corrected chi connectivity index (χ1v) is 9.73. The van der Waals surface area contributed by atoms with E-state index >= 15 is 0 Å². The molecular weight excluding hydrogens is 373 g/mol. The normalized spacial score (nSPS) is 13.9. The van der Waals surface area contributed by atoms with Crippen molar-refractivity contribution in [1.82, 2.24) is 10.2 Å². The van der Waals surface area contributed by atoms with Crippen molar-refractivity contribution in [3.63, 3.8) is 0 Å². The number of anilines is 1. The number of carbonyl (C=O) groups is 2. The van der Waals surface area contributed by atoms with E-state index in [9.17, 15) is 14.0 Å². The molecule has 1 heterocycles. The lowest BCUT2D eigenvalue weighted by Crippen LogP contribution is -2.49. The lowest BCUT2D eigenvalue weighted by atomic mass is 10.1. The molecule has 0 unspecified atom stereocenters. The zero-order valence-corrected chi connectivity index (χ0v) is 16.6. The molecule has 1 N–H and O–H groups in total. The molecule has 1 aliphatic heterocycles. The molecule has 2 aromatic rings. The van der Waals surface area contributed by atoms with E-state index in [0.29, 0.717) is 38.5 Å². The van der Waals surface area contributed by atoms with Gasteiger partial charge in [-0.25, -0.2) is 4.39 Å². The number of nitrogens with zero attached hydrogens (tertiary/aromatic N) is 2. The minimum atomic E-state index is -0.254. The first kappa shape index (κ1) is 20.6. The average Bonchev–Trinajstić information content (AvgIpc) is 2.74. The Morgan fingerprint density at radius 3 is 2.41 bits per heavy atom. The lowest BCUT2D eigenvalue weighted by Gasteiger charge is -2.36. The minimum Gasteiger partial charge on any atom is -0.496 e. The predicted octanol–water partition coefficient (Wildman–Crippen LogP) is 2.23. The second-order valence-electron chi connectivity index (χ2n) is 6.93. The van der Waals surface area contributed by atoms with Gasteiger partial charge in [-0.2, -0.15) is 0 Å². The summed E-state index contributed by atoms with van der Waals surface area (Å²) in [6.45, 7) is 2.96. The van der Waals surface area contributed by atoms with Gasteiger partial charge in [0.25, 0.3) is 0 Å². The molecule has 0 saturated carbocycles. The van der Waals surface area contributed by atoms with E-state index in [1.54, 1.807) is 19.2 Å². The van der Waals surface area contributed by atoms with E-state index in [1.807, 2.05) is 29.2 Å². The van der Waals surface area contributed by atoms with Crippen LogP contribution in [-0.4, -0.2) is 56.5 Å². The number of halogens is 1. The van der Waals surface area contributed by atoms with Crippen molar-refractivity contribution in [2.24, 2.45) is 0 Å². The van der Waals surface area contributed by atoms with E-state index in [2.05, 4.69) is 10.2 Å². The van der Waals surface area contributed by atoms with Gasteiger partial charge >= 0.3 is 0 Å². The SMILES string of the molecule is COc1ccccc1CC(=O)NCCC(=O)N1CCN(c2ccc(F)cc2)CC1. The molecule has 0 aliphatic carbocycles. The number of rotatable bonds is 7. The number of methoxy groups -OCH3 is 1. The number of carbonyl (C=O) groups excluding carboxylic acids is 2. The number of ether oxygens (including phenoxy) is 1. The highest BCUT2D eigenvalue weighted by Gasteiger charge is 2.21. The van der Waals surface area contributed by atoms with Crippen LogP contribution in [0.5, 0.6) is 5.75 Å². The summed E-state index contributed by atoms with van der Waals surface area (Å²) in [7, 11) is 1.57. The first-order valence-electron chi connectivity index (χ1n) is 9.73. The third-order valence-corrected chi connectivity index (χ3v) is 5.03. The zero-order valence-electron chi connectivity index (χ0n) is 16.6. The molecule has 1 fully saturated rings. The van der Waals surface area contributed by atoms with Crippen molar-refractivity contribution in [2.75, 3.05) is 44.7 Å². The number of amides is 2. The van der Waals surface area contributed by atoms with E-state index in [1.165, 1.54) is 12.1 Å². The van der Waals surface area contributed by atoms with Gasteiger partial charge in [0, 0.05) is 50.4 Å². The molecule has 1 saturated heterocycles. The second kappa shape index (κ2) is 9.91. The van der Waals surface area contributed by atoms with Crippen LogP contribution in [0.4, 0.5) is 10.1 Å². The standard InChI is InChI=1S/C22H26FN3O3/c1-29-20-5-3-2-4-17(20)16-21(27)24-11-10-22(28)26-14-12-25(13-15-26)19-8-6-18(23)7-9-19/h2-9H,10-16H2,1H3,(H,24,27). The first-order chi connectivity index (χ1) is 14.1. The van der Waals surface area contributed by atoms with Crippen molar-refractivity contribution in [3.05, 3.63) is 59.9 Å². The number of nitrogens with one attached hydrogen (secondary N) is 1. The molecule has 3 rings (SSSR count). The quantitative estimate of drug-likeness (QED) is 0.776. The Morgan fingerprint density at radius 2 is 1.72 bits per heavy atom. The summed E-state index contributed by atoms with van der Waals surface area (Å²) in [6, 6.07) is 13.8. The second-order valence-corrected chi connectivity index (χ2v) is 6.93. The van der Waals surface area contributed by atoms with Gasteiger partial charge in [-0.05, 0) is 30.3 Å². The molecule has 0 atom stereocenters. The van der Waals surface area contributed by atoms with Crippen LogP contribution >= 0.6 is 0 Å². The topological polar surface area (TPSA) is 61.9 Å². The Labute approximate surface area is 170 Å². The highest BCUT2D eigenvalue weighted by molar-refractivity contribution is 5.81. The number of hydrogen-bond acceptors (Lipinski definition) is 4. The molecule has 0 aromatic heterocycles. The molecule has 1 aliphatic rings. The fraction of sp³-hybridized carbons (Fsp3) is 0.364. The van der Waals surface area contributed by atoms with Crippen LogP contribution in [0.25, 0.3) is 0 Å². The Morgan fingerprint density at radius 1 is 1.03 bits per heavy atom. The van der Waals surface area contributed by atoms with Gasteiger partial charge in [0.1, 0.15) is 11.6 Å². The Balaban J connectivity index is 1.39. The minimum absolute atomic E-state index is 0.0290. The zero-order chi connectivity index (χ0) is 20.6. The highest BCUT2D eigenvalue weighted by atomic mass is 19.1.